The van der Waals surface area contributed by atoms with E-state index in [1.165, 1.54) is 42.6 Å². The predicted molar refractivity (Wildman–Crippen MR) is 103 cm³/mol. The number of carbonyl (C=O) groups is 1. The Morgan fingerprint density at radius 1 is 1.19 bits per heavy atom. The Balaban J connectivity index is 1.99. The number of hydrogen-bond acceptors (Lipinski definition) is 6. The van der Waals surface area contributed by atoms with Crippen molar-refractivity contribution in [3.05, 3.63) is 66.2 Å². The molecule has 3 aromatic rings. The SMILES string of the molecule is CON(C)S(=O)(=O)c1cccc(C(=O)Nc2cc(C(F)(F)F)ccc2-n2cncn2)c1. The summed E-state index contributed by atoms with van der Waals surface area (Å²) in [6, 6.07) is 7.74. The lowest BCUT2D eigenvalue weighted by Gasteiger charge is -2.16. The Bertz CT molecular complexity index is 1200. The molecule has 0 aliphatic rings. The zero-order valence-corrected chi connectivity index (χ0v) is 17.0. The summed E-state index contributed by atoms with van der Waals surface area (Å²) in [5, 5.41) is 6.25. The molecule has 0 atom stereocenters. The maximum Gasteiger partial charge on any atom is 0.416 e. The summed E-state index contributed by atoms with van der Waals surface area (Å²) in [4.78, 5) is 20.9. The van der Waals surface area contributed by atoms with Crippen molar-refractivity contribution in [1.82, 2.24) is 19.2 Å². The van der Waals surface area contributed by atoms with Gasteiger partial charge < -0.3 is 5.32 Å². The number of nitrogens with zero attached hydrogens (tertiary/aromatic N) is 4. The van der Waals surface area contributed by atoms with Gasteiger partial charge >= 0.3 is 6.18 Å². The van der Waals surface area contributed by atoms with E-state index < -0.39 is 27.7 Å². The third-order valence-corrected chi connectivity index (χ3v) is 5.90. The second-order valence-electron chi connectivity index (χ2n) is 6.15. The van der Waals surface area contributed by atoms with Crippen LogP contribution in [0.4, 0.5) is 18.9 Å². The van der Waals surface area contributed by atoms with Crippen LogP contribution in [0.3, 0.4) is 0 Å². The molecule has 0 spiro atoms. The predicted octanol–water partition coefficient (Wildman–Crippen LogP) is 2.72. The molecule has 0 radical (unpaired) electrons. The van der Waals surface area contributed by atoms with E-state index >= 15 is 0 Å². The van der Waals surface area contributed by atoms with Crippen LogP contribution in [-0.4, -0.2) is 47.7 Å². The number of carbonyl (C=O) groups excluding carboxylic acids is 1. The van der Waals surface area contributed by atoms with E-state index in [1.807, 2.05) is 0 Å². The highest BCUT2D eigenvalue weighted by molar-refractivity contribution is 7.89. The first-order valence-corrected chi connectivity index (χ1v) is 9.99. The van der Waals surface area contributed by atoms with Crippen LogP contribution >= 0.6 is 0 Å². The number of benzene rings is 2. The summed E-state index contributed by atoms with van der Waals surface area (Å²) in [5.74, 6) is -0.821. The standard InChI is InChI=1S/C18H16F3N5O4S/c1-25(30-2)31(28,29)14-5-3-4-12(8-14)17(27)24-15-9-13(18(19,20)21)6-7-16(15)26-11-22-10-23-26/h3-11H,1-2H3,(H,24,27). The third-order valence-electron chi connectivity index (χ3n) is 4.23. The monoisotopic (exact) mass is 455 g/mol. The van der Waals surface area contributed by atoms with Crippen molar-refractivity contribution >= 4 is 21.6 Å². The highest BCUT2D eigenvalue weighted by Crippen LogP contribution is 2.33. The Morgan fingerprint density at radius 2 is 1.94 bits per heavy atom. The quantitative estimate of drug-likeness (QED) is 0.573. The number of hydroxylamine groups is 1. The van der Waals surface area contributed by atoms with E-state index in [2.05, 4.69) is 15.4 Å². The summed E-state index contributed by atoms with van der Waals surface area (Å²) in [7, 11) is -1.69. The first-order valence-electron chi connectivity index (χ1n) is 8.54. The lowest BCUT2D eigenvalue weighted by Crippen LogP contribution is -2.26. The highest BCUT2D eigenvalue weighted by Gasteiger charge is 2.31. The van der Waals surface area contributed by atoms with Gasteiger partial charge in [-0.25, -0.2) is 18.1 Å². The van der Waals surface area contributed by atoms with Gasteiger partial charge in [-0.2, -0.15) is 18.3 Å². The smallest absolute Gasteiger partial charge is 0.320 e. The number of aromatic nitrogens is 3. The lowest BCUT2D eigenvalue weighted by molar-refractivity contribution is -0.137. The largest absolute Gasteiger partial charge is 0.416 e. The highest BCUT2D eigenvalue weighted by atomic mass is 32.2. The first kappa shape index (κ1) is 22.4. The number of halogens is 3. The summed E-state index contributed by atoms with van der Waals surface area (Å²) in [5.41, 5.74) is -1.12. The van der Waals surface area contributed by atoms with Crippen molar-refractivity contribution in [3.63, 3.8) is 0 Å². The van der Waals surface area contributed by atoms with Crippen LogP contribution < -0.4 is 5.32 Å². The second-order valence-corrected chi connectivity index (χ2v) is 8.08. The fraction of sp³-hybridized carbons (Fsp3) is 0.167. The van der Waals surface area contributed by atoms with Gasteiger partial charge in [0.25, 0.3) is 15.9 Å². The molecule has 0 aliphatic heterocycles. The molecule has 1 amide bonds. The molecule has 0 aliphatic carbocycles. The molecular formula is C18H16F3N5O4S. The van der Waals surface area contributed by atoms with E-state index in [1.54, 1.807) is 0 Å². The fourth-order valence-electron chi connectivity index (χ4n) is 2.58. The van der Waals surface area contributed by atoms with Crippen molar-refractivity contribution in [1.29, 1.82) is 0 Å². The maximum atomic E-state index is 13.2. The van der Waals surface area contributed by atoms with Crippen molar-refractivity contribution in [2.75, 3.05) is 19.5 Å². The van der Waals surface area contributed by atoms with Crippen LogP contribution in [0, 0.1) is 0 Å². The fourth-order valence-corrected chi connectivity index (χ4v) is 3.60. The zero-order valence-electron chi connectivity index (χ0n) is 16.2. The van der Waals surface area contributed by atoms with Crippen LogP contribution in [0.25, 0.3) is 5.69 Å². The summed E-state index contributed by atoms with van der Waals surface area (Å²) in [6.45, 7) is 0. The molecule has 13 heteroatoms. The Morgan fingerprint density at radius 3 is 2.55 bits per heavy atom. The van der Waals surface area contributed by atoms with Gasteiger partial charge in [-0.3, -0.25) is 9.63 Å². The summed E-state index contributed by atoms with van der Waals surface area (Å²) >= 11 is 0. The second kappa shape index (κ2) is 8.45. The first-order chi connectivity index (χ1) is 14.5. The van der Waals surface area contributed by atoms with Crippen LogP contribution in [-0.2, 0) is 21.0 Å². The van der Waals surface area contributed by atoms with Crippen molar-refractivity contribution < 1.29 is 31.2 Å². The van der Waals surface area contributed by atoms with E-state index in [0.29, 0.717) is 4.47 Å². The summed E-state index contributed by atoms with van der Waals surface area (Å²) in [6.07, 6.45) is -2.20. The third kappa shape index (κ3) is 4.73. The molecule has 0 unspecified atom stereocenters. The number of hydrogen-bond donors (Lipinski definition) is 1. The molecule has 0 bridgehead atoms. The van der Waals surface area contributed by atoms with Gasteiger partial charge in [0, 0.05) is 12.6 Å². The molecule has 1 aromatic heterocycles. The van der Waals surface area contributed by atoms with Gasteiger partial charge in [-0.15, -0.1) is 0 Å². The van der Waals surface area contributed by atoms with E-state index in [0.717, 1.165) is 31.4 Å². The number of anilines is 1. The maximum absolute atomic E-state index is 13.2. The van der Waals surface area contributed by atoms with Gasteiger partial charge in [0.2, 0.25) is 0 Å². The van der Waals surface area contributed by atoms with Crippen molar-refractivity contribution in [2.24, 2.45) is 0 Å². The Labute approximate surface area is 175 Å². The molecule has 3 rings (SSSR count). The molecule has 164 valence electrons. The molecule has 31 heavy (non-hydrogen) atoms. The molecular weight excluding hydrogens is 439 g/mol. The number of sulfonamides is 1. The Hall–Kier alpha value is -3.29. The minimum atomic E-state index is -4.64. The van der Waals surface area contributed by atoms with Gasteiger partial charge in [-0.05, 0) is 36.4 Å². The number of amides is 1. The normalized spacial score (nSPS) is 12.2. The average molecular weight is 455 g/mol. The van der Waals surface area contributed by atoms with Crippen molar-refractivity contribution in [2.45, 2.75) is 11.1 Å². The van der Waals surface area contributed by atoms with Crippen LogP contribution in [0.2, 0.25) is 0 Å². The number of alkyl halides is 3. The van der Waals surface area contributed by atoms with E-state index in [4.69, 9.17) is 4.84 Å². The van der Waals surface area contributed by atoms with Crippen molar-refractivity contribution in [3.8, 4) is 5.69 Å². The number of nitrogens with one attached hydrogen (secondary N) is 1. The molecule has 0 saturated heterocycles. The zero-order chi connectivity index (χ0) is 22.8. The van der Waals surface area contributed by atoms with Crippen LogP contribution in [0.15, 0.2) is 60.0 Å². The molecule has 2 aromatic carbocycles. The van der Waals surface area contributed by atoms with Crippen LogP contribution in [0.1, 0.15) is 15.9 Å². The minimum absolute atomic E-state index is 0.0902. The van der Waals surface area contributed by atoms with E-state index in [9.17, 15) is 26.4 Å². The van der Waals surface area contributed by atoms with Gasteiger partial charge in [0.05, 0.1) is 28.9 Å². The van der Waals surface area contributed by atoms with Crippen LogP contribution in [0.5, 0.6) is 0 Å². The lowest BCUT2D eigenvalue weighted by atomic mass is 10.1. The topological polar surface area (TPSA) is 106 Å². The number of rotatable bonds is 6. The minimum Gasteiger partial charge on any atom is -0.320 e. The van der Waals surface area contributed by atoms with Gasteiger partial charge in [0.1, 0.15) is 12.7 Å². The van der Waals surface area contributed by atoms with Gasteiger partial charge in [0.15, 0.2) is 0 Å². The van der Waals surface area contributed by atoms with E-state index in [-0.39, 0.29) is 21.8 Å². The summed E-state index contributed by atoms with van der Waals surface area (Å²) < 4.78 is 66.1. The molecule has 0 fully saturated rings. The molecule has 0 saturated carbocycles. The average Bonchev–Trinajstić information content (AvgIpc) is 3.27. The molecule has 9 nitrogen and oxygen atoms in total. The van der Waals surface area contributed by atoms with Gasteiger partial charge in [-0.1, -0.05) is 10.5 Å². The molecule has 1 heterocycles. The Kier molecular flexibility index (Phi) is 6.10. The molecule has 1 N–H and O–H groups in total.